The number of esters is 1. The van der Waals surface area contributed by atoms with Gasteiger partial charge >= 0.3 is 11.9 Å². The van der Waals surface area contributed by atoms with Gasteiger partial charge in [0.25, 0.3) is 0 Å². The maximum atomic E-state index is 11.3. The van der Waals surface area contributed by atoms with Gasteiger partial charge < -0.3 is 20.1 Å². The molecule has 0 amide bonds. The molecule has 5 heteroatoms. The SMILES string of the molecule is CCC(OC(=O)CCCCC(C)C)C(O)(O)O. The second kappa shape index (κ2) is 7.63. The van der Waals surface area contributed by atoms with E-state index in [9.17, 15) is 4.79 Å². The summed E-state index contributed by atoms with van der Waals surface area (Å²) < 4.78 is 4.78. The third kappa shape index (κ3) is 8.12. The molecule has 0 aliphatic heterocycles. The van der Waals surface area contributed by atoms with Crippen LogP contribution in [0.3, 0.4) is 0 Å². The van der Waals surface area contributed by atoms with Gasteiger partial charge in [0.1, 0.15) is 0 Å². The van der Waals surface area contributed by atoms with E-state index in [4.69, 9.17) is 20.1 Å². The average molecular weight is 248 g/mol. The fraction of sp³-hybridized carbons (Fsp3) is 0.917. The van der Waals surface area contributed by atoms with Gasteiger partial charge in [-0.1, -0.05) is 33.6 Å². The number of ether oxygens (including phenoxy) is 1. The van der Waals surface area contributed by atoms with Crippen molar-refractivity contribution >= 4 is 5.97 Å². The van der Waals surface area contributed by atoms with Gasteiger partial charge in [-0.05, 0) is 18.8 Å². The summed E-state index contributed by atoms with van der Waals surface area (Å²) in [6.45, 7) is 5.82. The largest absolute Gasteiger partial charge is 0.454 e. The summed E-state index contributed by atoms with van der Waals surface area (Å²) in [6.07, 6.45) is 1.78. The second-order valence-electron chi connectivity index (χ2n) is 4.71. The molecule has 0 heterocycles. The van der Waals surface area contributed by atoms with E-state index in [1.54, 1.807) is 6.92 Å². The normalized spacial score (nSPS) is 13.8. The zero-order valence-electron chi connectivity index (χ0n) is 10.8. The maximum absolute atomic E-state index is 11.3. The molecule has 0 aromatic heterocycles. The number of hydrogen-bond donors (Lipinski definition) is 3. The molecule has 0 saturated carbocycles. The Hall–Kier alpha value is -0.650. The molecule has 17 heavy (non-hydrogen) atoms. The van der Waals surface area contributed by atoms with Crippen LogP contribution in [0.5, 0.6) is 0 Å². The molecule has 5 nitrogen and oxygen atoms in total. The molecule has 0 bridgehead atoms. The van der Waals surface area contributed by atoms with Crippen LogP contribution in [0.2, 0.25) is 0 Å². The molecular formula is C12H24O5. The summed E-state index contributed by atoms with van der Waals surface area (Å²) in [5.74, 6) is -2.86. The molecule has 0 aromatic carbocycles. The molecule has 0 rings (SSSR count). The van der Waals surface area contributed by atoms with E-state index >= 15 is 0 Å². The number of hydrogen-bond acceptors (Lipinski definition) is 5. The van der Waals surface area contributed by atoms with Crippen molar-refractivity contribution in [1.29, 1.82) is 0 Å². The Morgan fingerprint density at radius 1 is 1.24 bits per heavy atom. The minimum Gasteiger partial charge on any atom is -0.454 e. The van der Waals surface area contributed by atoms with Gasteiger partial charge in [0, 0.05) is 6.42 Å². The zero-order valence-corrected chi connectivity index (χ0v) is 10.8. The van der Waals surface area contributed by atoms with Gasteiger partial charge in [0.15, 0.2) is 6.10 Å². The molecular weight excluding hydrogens is 224 g/mol. The van der Waals surface area contributed by atoms with Crippen molar-refractivity contribution in [2.75, 3.05) is 0 Å². The van der Waals surface area contributed by atoms with Crippen LogP contribution < -0.4 is 0 Å². The molecule has 1 atom stereocenters. The van der Waals surface area contributed by atoms with Crippen molar-refractivity contribution in [2.24, 2.45) is 5.92 Å². The van der Waals surface area contributed by atoms with Crippen LogP contribution >= 0.6 is 0 Å². The molecule has 0 aliphatic carbocycles. The zero-order chi connectivity index (χ0) is 13.5. The first-order valence-electron chi connectivity index (χ1n) is 6.14. The third-order valence-electron chi connectivity index (χ3n) is 2.49. The Bertz CT molecular complexity index is 219. The lowest BCUT2D eigenvalue weighted by Crippen LogP contribution is -2.44. The Balaban J connectivity index is 3.85. The highest BCUT2D eigenvalue weighted by atomic mass is 16.7. The van der Waals surface area contributed by atoms with Crippen molar-refractivity contribution in [2.45, 2.75) is 65.0 Å². The summed E-state index contributed by atoms with van der Waals surface area (Å²) in [6, 6.07) is 0. The van der Waals surface area contributed by atoms with Gasteiger partial charge in [-0.3, -0.25) is 4.79 Å². The van der Waals surface area contributed by atoms with Crippen molar-refractivity contribution in [3.05, 3.63) is 0 Å². The Morgan fingerprint density at radius 3 is 2.24 bits per heavy atom. The summed E-state index contributed by atoms with van der Waals surface area (Å²) in [7, 11) is 0. The van der Waals surface area contributed by atoms with Crippen LogP contribution in [0.15, 0.2) is 0 Å². The van der Waals surface area contributed by atoms with Gasteiger partial charge in [-0.2, -0.15) is 0 Å². The molecule has 102 valence electrons. The summed E-state index contributed by atoms with van der Waals surface area (Å²) in [5.41, 5.74) is 0. The number of aliphatic hydroxyl groups is 3. The highest BCUT2D eigenvalue weighted by molar-refractivity contribution is 5.69. The first-order chi connectivity index (χ1) is 7.77. The van der Waals surface area contributed by atoms with E-state index in [0.717, 1.165) is 12.8 Å². The van der Waals surface area contributed by atoms with Crippen molar-refractivity contribution in [3.8, 4) is 0 Å². The molecule has 0 radical (unpaired) electrons. The smallest absolute Gasteiger partial charge is 0.314 e. The number of unbranched alkanes of at least 4 members (excludes halogenated alkanes) is 1. The average Bonchev–Trinajstić information content (AvgIpc) is 2.19. The molecule has 0 aliphatic rings. The maximum Gasteiger partial charge on any atom is 0.314 e. The fourth-order valence-electron chi connectivity index (χ4n) is 1.48. The van der Waals surface area contributed by atoms with Crippen molar-refractivity contribution < 1.29 is 24.9 Å². The molecule has 3 N–H and O–H groups in total. The van der Waals surface area contributed by atoms with Crippen molar-refractivity contribution in [1.82, 2.24) is 0 Å². The van der Waals surface area contributed by atoms with Crippen molar-refractivity contribution in [3.63, 3.8) is 0 Å². The van der Waals surface area contributed by atoms with E-state index in [-0.39, 0.29) is 12.8 Å². The van der Waals surface area contributed by atoms with Crippen LogP contribution in [0.1, 0.15) is 52.9 Å². The van der Waals surface area contributed by atoms with E-state index in [0.29, 0.717) is 12.3 Å². The molecule has 0 saturated heterocycles. The highest BCUT2D eigenvalue weighted by Gasteiger charge is 2.33. The lowest BCUT2D eigenvalue weighted by molar-refractivity contribution is -0.356. The summed E-state index contributed by atoms with van der Waals surface area (Å²) in [4.78, 5) is 11.3. The number of carbonyl (C=O) groups is 1. The predicted octanol–water partition coefficient (Wildman–Crippen LogP) is 1.16. The minimum absolute atomic E-state index is 0.140. The highest BCUT2D eigenvalue weighted by Crippen LogP contribution is 2.14. The van der Waals surface area contributed by atoms with Gasteiger partial charge in [0.2, 0.25) is 0 Å². The first kappa shape index (κ1) is 16.4. The van der Waals surface area contributed by atoms with E-state index in [1.807, 2.05) is 0 Å². The third-order valence-corrected chi connectivity index (χ3v) is 2.49. The quantitative estimate of drug-likeness (QED) is 0.341. The van der Waals surface area contributed by atoms with Crippen LogP contribution in [-0.4, -0.2) is 33.4 Å². The van der Waals surface area contributed by atoms with Gasteiger partial charge in [-0.15, -0.1) is 0 Å². The van der Waals surface area contributed by atoms with Crippen LogP contribution in [-0.2, 0) is 9.53 Å². The summed E-state index contributed by atoms with van der Waals surface area (Å²) >= 11 is 0. The fourth-order valence-corrected chi connectivity index (χ4v) is 1.48. The second-order valence-corrected chi connectivity index (χ2v) is 4.71. The molecule has 0 fully saturated rings. The number of rotatable bonds is 8. The van der Waals surface area contributed by atoms with Gasteiger partial charge in [-0.25, -0.2) is 0 Å². The Labute approximate surface area is 102 Å². The van der Waals surface area contributed by atoms with E-state index < -0.39 is 18.0 Å². The van der Waals surface area contributed by atoms with E-state index in [2.05, 4.69) is 13.8 Å². The van der Waals surface area contributed by atoms with Crippen LogP contribution in [0.4, 0.5) is 0 Å². The lowest BCUT2D eigenvalue weighted by Gasteiger charge is -2.24. The first-order valence-corrected chi connectivity index (χ1v) is 6.14. The molecule has 0 spiro atoms. The molecule has 0 aromatic rings. The Morgan fingerprint density at radius 2 is 1.82 bits per heavy atom. The summed E-state index contributed by atoms with van der Waals surface area (Å²) in [5, 5.41) is 26.7. The van der Waals surface area contributed by atoms with Gasteiger partial charge in [0.05, 0.1) is 0 Å². The van der Waals surface area contributed by atoms with Crippen LogP contribution in [0.25, 0.3) is 0 Å². The monoisotopic (exact) mass is 248 g/mol. The predicted molar refractivity (Wildman–Crippen MR) is 62.9 cm³/mol. The number of carbonyl (C=O) groups excluding carboxylic acids is 1. The van der Waals surface area contributed by atoms with Crippen LogP contribution in [0, 0.1) is 5.92 Å². The molecule has 1 unspecified atom stereocenters. The topological polar surface area (TPSA) is 87.0 Å². The minimum atomic E-state index is -2.96. The lowest BCUT2D eigenvalue weighted by atomic mass is 10.1. The van der Waals surface area contributed by atoms with E-state index in [1.165, 1.54) is 0 Å². The standard InChI is InChI=1S/C12H24O5/c1-4-10(12(14,15)16)17-11(13)8-6-5-7-9(2)3/h9-10,14-16H,4-8H2,1-3H3. The Kier molecular flexibility index (Phi) is 7.34.